The molecule has 20 heavy (non-hydrogen) atoms. The first-order valence-corrected chi connectivity index (χ1v) is 8.77. The number of rotatable bonds is 4. The first-order valence-electron chi connectivity index (χ1n) is 6.15. The maximum absolute atomic E-state index is 11.6. The Morgan fingerprint density at radius 2 is 2.20 bits per heavy atom. The molecule has 6 nitrogen and oxygen atoms in total. The van der Waals surface area contributed by atoms with Crippen molar-refractivity contribution in [2.45, 2.75) is 12.5 Å². The van der Waals surface area contributed by atoms with Crippen molar-refractivity contribution in [2.75, 3.05) is 18.6 Å². The molecule has 1 aromatic rings. The van der Waals surface area contributed by atoms with Gasteiger partial charge in [0, 0.05) is 22.1 Å². The highest BCUT2D eigenvalue weighted by atomic mass is 79.9. The van der Waals surface area contributed by atoms with Gasteiger partial charge in [-0.25, -0.2) is 8.42 Å². The maximum atomic E-state index is 11.6. The Balaban J connectivity index is 2.40. The molecular weight excluding hydrogens is 348 g/mol. The lowest BCUT2D eigenvalue weighted by Crippen LogP contribution is -2.26. The van der Waals surface area contributed by atoms with Crippen LogP contribution < -0.4 is 5.32 Å². The van der Waals surface area contributed by atoms with Crippen LogP contribution in [0.4, 0.5) is 5.69 Å². The lowest BCUT2D eigenvalue weighted by atomic mass is 9.91. The molecule has 0 spiro atoms. The highest BCUT2D eigenvalue weighted by Crippen LogP contribution is 2.36. The molecular formula is C12H15BrN2O4S. The van der Waals surface area contributed by atoms with Gasteiger partial charge in [-0.15, -0.1) is 0 Å². The van der Waals surface area contributed by atoms with Gasteiger partial charge in [0.2, 0.25) is 0 Å². The fraction of sp³-hybridized carbons (Fsp3) is 0.500. The van der Waals surface area contributed by atoms with Crippen LogP contribution in [0.1, 0.15) is 18.0 Å². The molecule has 1 aliphatic rings. The van der Waals surface area contributed by atoms with E-state index >= 15 is 0 Å². The van der Waals surface area contributed by atoms with Crippen LogP contribution in [-0.2, 0) is 9.84 Å². The molecule has 2 atom stereocenters. The Morgan fingerprint density at radius 1 is 1.50 bits per heavy atom. The van der Waals surface area contributed by atoms with Crippen molar-refractivity contribution in [2.24, 2.45) is 5.92 Å². The molecule has 0 bridgehead atoms. The molecule has 0 saturated carbocycles. The van der Waals surface area contributed by atoms with E-state index in [2.05, 4.69) is 21.2 Å². The van der Waals surface area contributed by atoms with Crippen LogP contribution in [0.15, 0.2) is 22.7 Å². The van der Waals surface area contributed by atoms with E-state index in [0.29, 0.717) is 16.5 Å². The van der Waals surface area contributed by atoms with Crippen molar-refractivity contribution in [3.05, 3.63) is 38.3 Å². The summed E-state index contributed by atoms with van der Waals surface area (Å²) in [5.74, 6) is 0.0937. The maximum Gasteiger partial charge on any atom is 0.275 e. The standard InChI is InChI=1S/C12H15BrN2O4S/c1-14-12(8-4-5-20(18,19)7-8)10-3-2-9(13)6-11(10)15(16)17/h2-3,6,8,12,14H,4-5,7H2,1H3. The van der Waals surface area contributed by atoms with Crippen molar-refractivity contribution in [3.63, 3.8) is 0 Å². The Kier molecular flexibility index (Phi) is 4.46. The van der Waals surface area contributed by atoms with Crippen LogP contribution in [0.25, 0.3) is 0 Å². The summed E-state index contributed by atoms with van der Waals surface area (Å²) in [7, 11) is -1.32. The second-order valence-corrected chi connectivity index (χ2v) is 8.03. The Bertz CT molecular complexity index is 632. The highest BCUT2D eigenvalue weighted by Gasteiger charge is 2.36. The van der Waals surface area contributed by atoms with Gasteiger partial charge >= 0.3 is 0 Å². The summed E-state index contributed by atoms with van der Waals surface area (Å²) in [5.41, 5.74) is 0.533. The van der Waals surface area contributed by atoms with Gasteiger partial charge in [-0.05, 0) is 31.5 Å². The fourth-order valence-corrected chi connectivity index (χ4v) is 4.86. The SMILES string of the molecule is CNC(c1ccc(Br)cc1[N+](=O)[O-])C1CCS(=O)(=O)C1. The molecule has 0 aromatic heterocycles. The van der Waals surface area contributed by atoms with Crippen molar-refractivity contribution in [3.8, 4) is 0 Å². The molecule has 110 valence electrons. The molecule has 1 fully saturated rings. The molecule has 0 aliphatic carbocycles. The van der Waals surface area contributed by atoms with Gasteiger partial charge in [0.25, 0.3) is 5.69 Å². The van der Waals surface area contributed by atoms with Gasteiger partial charge in [0.15, 0.2) is 9.84 Å². The summed E-state index contributed by atoms with van der Waals surface area (Å²) >= 11 is 3.22. The quantitative estimate of drug-likeness (QED) is 0.653. The summed E-state index contributed by atoms with van der Waals surface area (Å²) in [5, 5.41) is 14.2. The smallest absolute Gasteiger partial charge is 0.275 e. The van der Waals surface area contributed by atoms with Gasteiger partial charge in [-0.2, -0.15) is 0 Å². The Morgan fingerprint density at radius 3 is 2.70 bits per heavy atom. The topological polar surface area (TPSA) is 89.3 Å². The number of nitro groups is 1. The van der Waals surface area contributed by atoms with Crippen molar-refractivity contribution >= 4 is 31.5 Å². The van der Waals surface area contributed by atoms with Gasteiger partial charge in [-0.3, -0.25) is 10.1 Å². The zero-order valence-electron chi connectivity index (χ0n) is 10.9. The fourth-order valence-electron chi connectivity index (χ4n) is 2.67. The van der Waals surface area contributed by atoms with E-state index in [1.54, 1.807) is 19.2 Å². The van der Waals surface area contributed by atoms with E-state index < -0.39 is 14.8 Å². The van der Waals surface area contributed by atoms with Crippen LogP contribution in [-0.4, -0.2) is 31.9 Å². The summed E-state index contributed by atoms with van der Waals surface area (Å²) in [6.45, 7) is 0. The minimum Gasteiger partial charge on any atom is -0.313 e. The molecule has 1 aliphatic heterocycles. The van der Waals surface area contributed by atoms with Gasteiger partial charge in [0.05, 0.1) is 16.4 Å². The van der Waals surface area contributed by atoms with E-state index in [0.717, 1.165) is 0 Å². The predicted molar refractivity (Wildman–Crippen MR) is 79.4 cm³/mol. The molecule has 2 rings (SSSR count). The highest BCUT2D eigenvalue weighted by molar-refractivity contribution is 9.10. The molecule has 1 aromatic carbocycles. The van der Waals surface area contributed by atoms with Crippen LogP contribution in [0.5, 0.6) is 0 Å². The number of halogens is 1. The number of nitrogens with zero attached hydrogens (tertiary/aromatic N) is 1. The number of hydrogen-bond donors (Lipinski definition) is 1. The molecule has 0 radical (unpaired) electrons. The van der Waals surface area contributed by atoms with E-state index in [9.17, 15) is 18.5 Å². The minimum absolute atomic E-state index is 0.00280. The predicted octanol–water partition coefficient (Wildman–Crippen LogP) is 2.05. The number of hydrogen-bond acceptors (Lipinski definition) is 5. The van der Waals surface area contributed by atoms with E-state index in [1.807, 2.05) is 0 Å². The molecule has 8 heteroatoms. The lowest BCUT2D eigenvalue weighted by Gasteiger charge is -2.22. The van der Waals surface area contributed by atoms with E-state index in [4.69, 9.17) is 0 Å². The molecule has 1 N–H and O–H groups in total. The van der Waals surface area contributed by atoms with E-state index in [-0.39, 0.29) is 29.2 Å². The third kappa shape index (κ3) is 3.18. The summed E-state index contributed by atoms with van der Waals surface area (Å²) in [4.78, 5) is 10.7. The number of nitro benzene ring substituents is 1. The van der Waals surface area contributed by atoms with Crippen LogP contribution in [0.3, 0.4) is 0 Å². The molecule has 1 heterocycles. The Labute approximate surface area is 125 Å². The van der Waals surface area contributed by atoms with Crippen molar-refractivity contribution in [1.29, 1.82) is 0 Å². The second-order valence-electron chi connectivity index (χ2n) is 4.89. The van der Waals surface area contributed by atoms with Crippen LogP contribution in [0.2, 0.25) is 0 Å². The Hall–Kier alpha value is -0.990. The summed E-state index contributed by atoms with van der Waals surface area (Å²) < 4.78 is 23.8. The molecule has 2 unspecified atom stereocenters. The van der Waals surface area contributed by atoms with Gasteiger partial charge < -0.3 is 5.32 Å². The minimum atomic E-state index is -3.02. The van der Waals surface area contributed by atoms with Crippen LogP contribution in [0, 0.1) is 16.0 Å². The summed E-state index contributed by atoms with van der Waals surface area (Å²) in [6, 6.07) is 4.52. The first-order chi connectivity index (χ1) is 9.34. The largest absolute Gasteiger partial charge is 0.313 e. The first kappa shape index (κ1) is 15.4. The third-order valence-corrected chi connectivity index (χ3v) is 5.86. The lowest BCUT2D eigenvalue weighted by molar-refractivity contribution is -0.385. The monoisotopic (exact) mass is 362 g/mol. The number of benzene rings is 1. The molecule has 0 amide bonds. The average Bonchev–Trinajstić information content (AvgIpc) is 2.72. The number of nitrogens with one attached hydrogen (secondary N) is 1. The van der Waals surface area contributed by atoms with Gasteiger partial charge in [0.1, 0.15) is 0 Å². The second kappa shape index (κ2) is 5.79. The van der Waals surface area contributed by atoms with Crippen molar-refractivity contribution in [1.82, 2.24) is 5.32 Å². The normalized spacial score (nSPS) is 22.6. The zero-order valence-corrected chi connectivity index (χ0v) is 13.3. The summed E-state index contributed by atoms with van der Waals surface area (Å²) in [6.07, 6.45) is 0.529. The number of sulfone groups is 1. The van der Waals surface area contributed by atoms with E-state index in [1.165, 1.54) is 6.07 Å². The third-order valence-electron chi connectivity index (χ3n) is 3.57. The molecule has 1 saturated heterocycles. The van der Waals surface area contributed by atoms with Crippen molar-refractivity contribution < 1.29 is 13.3 Å². The van der Waals surface area contributed by atoms with Gasteiger partial charge in [-0.1, -0.05) is 15.9 Å². The zero-order chi connectivity index (χ0) is 14.9. The van der Waals surface area contributed by atoms with Crippen LogP contribution >= 0.6 is 15.9 Å². The average molecular weight is 363 g/mol.